The molecule has 1 amide bonds. The summed E-state index contributed by atoms with van der Waals surface area (Å²) in [7, 11) is 0. The predicted molar refractivity (Wildman–Crippen MR) is 177 cm³/mol. The molecule has 3 aromatic rings. The fourth-order valence-corrected chi connectivity index (χ4v) is 8.16. The molecule has 7 heteroatoms. The van der Waals surface area contributed by atoms with Crippen LogP contribution in [0.15, 0.2) is 72.8 Å². The summed E-state index contributed by atoms with van der Waals surface area (Å²) in [5.74, 6) is 0.138. The van der Waals surface area contributed by atoms with Crippen LogP contribution in [-0.4, -0.2) is 80.8 Å². The third kappa shape index (κ3) is 5.85. The lowest BCUT2D eigenvalue weighted by molar-refractivity contribution is -0.0647. The number of piperazine rings is 1. The molecule has 4 aliphatic rings. The van der Waals surface area contributed by atoms with Crippen molar-refractivity contribution in [3.8, 4) is 0 Å². The van der Waals surface area contributed by atoms with Crippen molar-refractivity contribution in [2.75, 3.05) is 68.8 Å². The van der Waals surface area contributed by atoms with Gasteiger partial charge in [-0.25, -0.2) is 0 Å². The highest BCUT2D eigenvalue weighted by Crippen LogP contribution is 2.53. The smallest absolute Gasteiger partial charge is 0.248 e. The standard InChI is InChI=1S/C37H47N5O2/c1-27(2)33-5-3-4-6-34(33)35-24-39(23-28-7-11-30(12-8-28)40-17-19-44-20-18-40)15-16-42(35)32-21-37(22-32)25-41(26-37)31-13-9-29(10-14-31)36(38)43/h3-14,27,32,35H,15-26H2,1-2H3,(H2,38,43)/t35-/m0/s1. The summed E-state index contributed by atoms with van der Waals surface area (Å²) in [5, 5.41) is 0. The van der Waals surface area contributed by atoms with Gasteiger partial charge in [-0.15, -0.1) is 0 Å². The van der Waals surface area contributed by atoms with Gasteiger partial charge in [-0.05, 0) is 71.8 Å². The number of carbonyl (C=O) groups is 1. The van der Waals surface area contributed by atoms with Crippen molar-refractivity contribution in [1.29, 1.82) is 0 Å². The molecule has 44 heavy (non-hydrogen) atoms. The zero-order valence-electron chi connectivity index (χ0n) is 26.3. The first-order valence-electron chi connectivity index (χ1n) is 16.5. The molecule has 0 unspecified atom stereocenters. The van der Waals surface area contributed by atoms with Crippen molar-refractivity contribution in [2.24, 2.45) is 11.1 Å². The van der Waals surface area contributed by atoms with Crippen molar-refractivity contribution in [2.45, 2.75) is 51.2 Å². The summed E-state index contributed by atoms with van der Waals surface area (Å²) >= 11 is 0. The number of primary amides is 1. The first kappa shape index (κ1) is 29.3. The number of benzene rings is 3. The second kappa shape index (κ2) is 12.2. The Morgan fingerprint density at radius 3 is 2.20 bits per heavy atom. The Balaban J connectivity index is 1.02. The van der Waals surface area contributed by atoms with Gasteiger partial charge in [-0.3, -0.25) is 14.6 Å². The Hall–Kier alpha value is -3.39. The van der Waals surface area contributed by atoms with E-state index in [0.717, 1.165) is 65.6 Å². The summed E-state index contributed by atoms with van der Waals surface area (Å²) in [6.45, 7) is 14.7. The van der Waals surface area contributed by atoms with Crippen molar-refractivity contribution in [1.82, 2.24) is 9.80 Å². The van der Waals surface area contributed by atoms with Crippen LogP contribution in [-0.2, 0) is 11.3 Å². The summed E-state index contributed by atoms with van der Waals surface area (Å²) in [5.41, 5.74) is 13.3. The van der Waals surface area contributed by atoms with E-state index < -0.39 is 0 Å². The van der Waals surface area contributed by atoms with E-state index in [0.29, 0.717) is 29.0 Å². The average molecular weight is 594 g/mol. The van der Waals surface area contributed by atoms with Crippen molar-refractivity contribution >= 4 is 17.3 Å². The fourth-order valence-electron chi connectivity index (χ4n) is 8.16. The van der Waals surface area contributed by atoms with Gasteiger partial charge in [-0.2, -0.15) is 0 Å². The van der Waals surface area contributed by atoms with Crippen molar-refractivity contribution < 1.29 is 9.53 Å². The molecule has 7 rings (SSSR count). The van der Waals surface area contributed by atoms with Crippen LogP contribution in [0.1, 0.15) is 65.7 Å². The lowest BCUT2D eigenvalue weighted by Gasteiger charge is -2.63. The minimum atomic E-state index is -0.367. The van der Waals surface area contributed by atoms with Gasteiger partial charge in [0, 0.05) is 86.8 Å². The molecule has 0 aromatic heterocycles. The quantitative estimate of drug-likeness (QED) is 0.384. The van der Waals surface area contributed by atoms with Crippen LogP contribution in [0.25, 0.3) is 0 Å². The Morgan fingerprint density at radius 2 is 1.52 bits per heavy atom. The first-order valence-corrected chi connectivity index (χ1v) is 16.5. The van der Waals surface area contributed by atoms with Crippen LogP contribution < -0.4 is 15.5 Å². The van der Waals surface area contributed by atoms with E-state index in [9.17, 15) is 4.79 Å². The SMILES string of the molecule is CC(C)c1ccccc1[C@@H]1CN(Cc2ccc(N3CCOCC3)cc2)CCN1C1CC2(C1)CN(c1ccc(C(N)=O)cc1)C2. The van der Waals surface area contributed by atoms with E-state index in [2.05, 4.69) is 82.0 Å². The van der Waals surface area contributed by atoms with Gasteiger partial charge < -0.3 is 20.3 Å². The Morgan fingerprint density at radius 1 is 0.864 bits per heavy atom. The highest BCUT2D eigenvalue weighted by atomic mass is 16.5. The molecule has 0 bridgehead atoms. The maximum atomic E-state index is 11.5. The van der Waals surface area contributed by atoms with Gasteiger partial charge in [-0.1, -0.05) is 50.2 Å². The minimum absolute atomic E-state index is 0.367. The molecule has 1 aliphatic carbocycles. The Kier molecular flexibility index (Phi) is 8.12. The fraction of sp³-hybridized carbons (Fsp3) is 0.486. The maximum Gasteiger partial charge on any atom is 0.248 e. The summed E-state index contributed by atoms with van der Waals surface area (Å²) < 4.78 is 5.54. The molecule has 0 radical (unpaired) electrons. The highest BCUT2D eigenvalue weighted by molar-refractivity contribution is 5.93. The number of rotatable bonds is 8. The third-order valence-electron chi connectivity index (χ3n) is 10.6. The third-order valence-corrected chi connectivity index (χ3v) is 10.6. The molecular formula is C37H47N5O2. The monoisotopic (exact) mass is 593 g/mol. The molecule has 1 spiro atoms. The van der Waals surface area contributed by atoms with E-state index in [-0.39, 0.29) is 5.91 Å². The van der Waals surface area contributed by atoms with Crippen LogP contribution in [0.4, 0.5) is 11.4 Å². The van der Waals surface area contributed by atoms with Gasteiger partial charge >= 0.3 is 0 Å². The van der Waals surface area contributed by atoms with Crippen molar-refractivity contribution in [3.05, 3.63) is 95.1 Å². The number of nitrogens with zero attached hydrogens (tertiary/aromatic N) is 4. The van der Waals surface area contributed by atoms with Crippen LogP contribution in [0.3, 0.4) is 0 Å². The van der Waals surface area contributed by atoms with E-state index in [4.69, 9.17) is 10.5 Å². The summed E-state index contributed by atoms with van der Waals surface area (Å²) in [6.07, 6.45) is 2.54. The van der Waals surface area contributed by atoms with Gasteiger partial charge in [0.05, 0.1) is 13.2 Å². The topological polar surface area (TPSA) is 65.3 Å². The first-order chi connectivity index (χ1) is 21.4. The average Bonchev–Trinajstić information content (AvgIpc) is 3.01. The number of carbonyl (C=O) groups excluding carboxylic acids is 1. The second-order valence-electron chi connectivity index (χ2n) is 13.9. The van der Waals surface area contributed by atoms with Gasteiger partial charge in [0.25, 0.3) is 0 Å². The van der Waals surface area contributed by atoms with E-state index in [1.807, 2.05) is 24.3 Å². The molecule has 232 valence electrons. The molecule has 3 aromatic carbocycles. The van der Waals surface area contributed by atoms with Crippen LogP contribution in [0, 0.1) is 5.41 Å². The van der Waals surface area contributed by atoms with Crippen molar-refractivity contribution in [3.63, 3.8) is 0 Å². The molecule has 4 fully saturated rings. The van der Waals surface area contributed by atoms with E-state index >= 15 is 0 Å². The van der Waals surface area contributed by atoms with Gasteiger partial charge in [0.1, 0.15) is 0 Å². The lowest BCUT2D eigenvalue weighted by atomic mass is 9.59. The number of anilines is 2. The number of ether oxygens (including phenoxy) is 1. The van der Waals surface area contributed by atoms with E-state index in [1.165, 1.54) is 40.9 Å². The van der Waals surface area contributed by atoms with Gasteiger partial charge in [0.2, 0.25) is 5.91 Å². The molecule has 1 saturated carbocycles. The normalized spacial score (nSPS) is 22.7. The number of morpholine rings is 1. The maximum absolute atomic E-state index is 11.5. The Labute approximate surface area is 262 Å². The zero-order chi connectivity index (χ0) is 30.3. The number of hydrogen-bond donors (Lipinski definition) is 1. The summed E-state index contributed by atoms with van der Waals surface area (Å²) in [4.78, 5) is 21.9. The van der Waals surface area contributed by atoms with Crippen LogP contribution in [0.5, 0.6) is 0 Å². The highest BCUT2D eigenvalue weighted by Gasteiger charge is 2.55. The van der Waals surface area contributed by atoms with Gasteiger partial charge in [0.15, 0.2) is 0 Å². The molecule has 3 heterocycles. The minimum Gasteiger partial charge on any atom is -0.378 e. The molecule has 3 aliphatic heterocycles. The molecule has 7 nitrogen and oxygen atoms in total. The zero-order valence-corrected chi connectivity index (χ0v) is 26.3. The molecule has 3 saturated heterocycles. The second-order valence-corrected chi connectivity index (χ2v) is 13.9. The van der Waals surface area contributed by atoms with E-state index in [1.54, 1.807) is 0 Å². The predicted octanol–water partition coefficient (Wildman–Crippen LogP) is 5.27. The lowest BCUT2D eigenvalue weighted by Crippen LogP contribution is -2.68. The number of amides is 1. The number of hydrogen-bond acceptors (Lipinski definition) is 6. The van der Waals surface area contributed by atoms with Crippen LogP contribution in [0.2, 0.25) is 0 Å². The number of nitrogens with two attached hydrogens (primary N) is 1. The molecular weight excluding hydrogens is 546 g/mol. The van der Waals surface area contributed by atoms with Crippen LogP contribution >= 0.6 is 0 Å². The molecule has 1 atom stereocenters. The Bertz CT molecular complexity index is 1440. The summed E-state index contributed by atoms with van der Waals surface area (Å²) in [6, 6.07) is 27.2. The molecule has 2 N–H and O–H groups in total. The largest absolute Gasteiger partial charge is 0.378 e.